The van der Waals surface area contributed by atoms with Crippen LogP contribution < -0.4 is 5.32 Å². The molecule has 3 nitrogen and oxygen atoms in total. The van der Waals surface area contributed by atoms with Crippen molar-refractivity contribution in [3.63, 3.8) is 0 Å². The second-order valence-electron chi connectivity index (χ2n) is 4.22. The highest BCUT2D eigenvalue weighted by molar-refractivity contribution is 5.17. The first-order valence-corrected chi connectivity index (χ1v) is 6.95. The van der Waals surface area contributed by atoms with Gasteiger partial charge in [0.25, 0.3) is 0 Å². The Kier molecular flexibility index (Phi) is 8.38. The fraction of sp³-hybridized carbons (Fsp3) is 0.600. The molecule has 0 fully saturated rings. The highest BCUT2D eigenvalue weighted by Crippen LogP contribution is 2.06. The van der Waals surface area contributed by atoms with Crippen LogP contribution in [0.1, 0.15) is 25.8 Å². The Labute approximate surface area is 115 Å². The lowest BCUT2D eigenvalue weighted by atomic mass is 10.1. The normalized spacial score (nSPS) is 11.2. The third-order valence-electron chi connectivity index (χ3n) is 2.79. The molecule has 1 aromatic carbocycles. The fourth-order valence-electron chi connectivity index (χ4n) is 1.86. The Morgan fingerprint density at radius 1 is 1.11 bits per heavy atom. The van der Waals surface area contributed by atoms with E-state index in [0.29, 0.717) is 19.6 Å². The molecule has 0 spiro atoms. The van der Waals surface area contributed by atoms with Crippen LogP contribution in [-0.2, 0) is 15.9 Å². The molecule has 0 aliphatic rings. The molecule has 1 aromatic rings. The lowest BCUT2D eigenvalue weighted by Crippen LogP contribution is -2.26. The van der Waals surface area contributed by atoms with Gasteiger partial charge in [0.05, 0.1) is 0 Å². The van der Waals surface area contributed by atoms with Crippen molar-refractivity contribution in [2.75, 3.05) is 26.3 Å². The predicted molar refractivity (Wildman–Crippen MR) is 74.6 cm³/mol. The van der Waals surface area contributed by atoms with Gasteiger partial charge in [-0.15, -0.1) is 0 Å². The van der Waals surface area contributed by atoms with E-state index < -0.39 is 0 Å². The standard InChI is InChI=1S/C15H24FNO2/c1-3-18-15(19-4-2)10-12-17-11-9-13-7-5-6-8-14(13)16/h5-8,15,17H,3-4,9-12H2,1-2H3. The quantitative estimate of drug-likeness (QED) is 0.523. The van der Waals surface area contributed by atoms with Gasteiger partial charge in [-0.3, -0.25) is 0 Å². The molecule has 1 N–H and O–H groups in total. The SMILES string of the molecule is CCOC(CCNCCc1ccccc1F)OCC. The largest absolute Gasteiger partial charge is 0.353 e. The highest BCUT2D eigenvalue weighted by atomic mass is 19.1. The fourth-order valence-corrected chi connectivity index (χ4v) is 1.86. The van der Waals surface area contributed by atoms with Crippen LogP contribution in [0.15, 0.2) is 24.3 Å². The first kappa shape index (κ1) is 16.1. The van der Waals surface area contributed by atoms with E-state index in [1.165, 1.54) is 6.07 Å². The monoisotopic (exact) mass is 269 g/mol. The van der Waals surface area contributed by atoms with Gasteiger partial charge in [-0.05, 0) is 45.0 Å². The van der Waals surface area contributed by atoms with Crippen LogP contribution in [0.3, 0.4) is 0 Å². The second kappa shape index (κ2) is 9.89. The van der Waals surface area contributed by atoms with Gasteiger partial charge >= 0.3 is 0 Å². The van der Waals surface area contributed by atoms with Crippen molar-refractivity contribution in [2.24, 2.45) is 0 Å². The predicted octanol–water partition coefficient (Wildman–Crippen LogP) is 2.75. The molecule has 0 aliphatic carbocycles. The number of hydrogen-bond donors (Lipinski definition) is 1. The van der Waals surface area contributed by atoms with Crippen molar-refractivity contribution in [1.29, 1.82) is 0 Å². The zero-order chi connectivity index (χ0) is 13.9. The van der Waals surface area contributed by atoms with Gasteiger partial charge in [0.15, 0.2) is 6.29 Å². The van der Waals surface area contributed by atoms with Gasteiger partial charge in [-0.2, -0.15) is 0 Å². The Morgan fingerprint density at radius 3 is 2.42 bits per heavy atom. The van der Waals surface area contributed by atoms with Gasteiger partial charge in [0.1, 0.15) is 5.82 Å². The first-order chi connectivity index (χ1) is 9.27. The minimum atomic E-state index is -0.143. The molecule has 0 heterocycles. The summed E-state index contributed by atoms with van der Waals surface area (Å²) < 4.78 is 24.2. The van der Waals surface area contributed by atoms with Gasteiger partial charge in [0, 0.05) is 19.6 Å². The van der Waals surface area contributed by atoms with Crippen LogP contribution >= 0.6 is 0 Å². The summed E-state index contributed by atoms with van der Waals surface area (Å²) in [4.78, 5) is 0. The molecular weight excluding hydrogens is 245 g/mol. The van der Waals surface area contributed by atoms with E-state index in [9.17, 15) is 4.39 Å². The number of ether oxygens (including phenoxy) is 2. The number of nitrogens with one attached hydrogen (secondary N) is 1. The van der Waals surface area contributed by atoms with Gasteiger partial charge in [-0.1, -0.05) is 18.2 Å². The lowest BCUT2D eigenvalue weighted by Gasteiger charge is -2.17. The minimum absolute atomic E-state index is 0.134. The zero-order valence-electron chi connectivity index (χ0n) is 11.8. The first-order valence-electron chi connectivity index (χ1n) is 6.95. The number of halogens is 1. The van der Waals surface area contributed by atoms with Crippen LogP contribution in [0.25, 0.3) is 0 Å². The lowest BCUT2D eigenvalue weighted by molar-refractivity contribution is -0.138. The molecule has 0 unspecified atom stereocenters. The molecule has 0 aromatic heterocycles. The summed E-state index contributed by atoms with van der Waals surface area (Å²) in [7, 11) is 0. The molecule has 0 bridgehead atoms. The summed E-state index contributed by atoms with van der Waals surface area (Å²) in [5.74, 6) is -0.134. The van der Waals surface area contributed by atoms with Gasteiger partial charge in [-0.25, -0.2) is 4.39 Å². The van der Waals surface area contributed by atoms with Crippen molar-refractivity contribution in [3.05, 3.63) is 35.6 Å². The Morgan fingerprint density at radius 2 is 1.79 bits per heavy atom. The van der Waals surface area contributed by atoms with Crippen molar-refractivity contribution < 1.29 is 13.9 Å². The van der Waals surface area contributed by atoms with E-state index in [4.69, 9.17) is 9.47 Å². The van der Waals surface area contributed by atoms with Crippen LogP contribution in [-0.4, -0.2) is 32.6 Å². The number of hydrogen-bond acceptors (Lipinski definition) is 3. The van der Waals surface area contributed by atoms with E-state index in [-0.39, 0.29) is 12.1 Å². The molecule has 0 saturated carbocycles. The number of benzene rings is 1. The Bertz CT molecular complexity index is 341. The third-order valence-corrected chi connectivity index (χ3v) is 2.79. The highest BCUT2D eigenvalue weighted by Gasteiger charge is 2.06. The van der Waals surface area contributed by atoms with Crippen LogP contribution in [0.4, 0.5) is 4.39 Å². The summed E-state index contributed by atoms with van der Waals surface area (Å²) in [6, 6.07) is 6.88. The maximum Gasteiger partial charge on any atom is 0.158 e. The summed E-state index contributed by atoms with van der Waals surface area (Å²) in [6.45, 7) is 6.78. The molecule has 1 rings (SSSR count). The van der Waals surface area contributed by atoms with E-state index in [1.807, 2.05) is 26.0 Å². The smallest absolute Gasteiger partial charge is 0.158 e. The molecule has 19 heavy (non-hydrogen) atoms. The molecule has 4 heteroatoms. The molecule has 0 aliphatic heterocycles. The second-order valence-corrected chi connectivity index (χ2v) is 4.22. The van der Waals surface area contributed by atoms with Gasteiger partial charge < -0.3 is 14.8 Å². The summed E-state index contributed by atoms with van der Waals surface area (Å²) >= 11 is 0. The summed E-state index contributed by atoms with van der Waals surface area (Å²) in [5.41, 5.74) is 0.751. The molecule has 0 atom stereocenters. The Hall–Kier alpha value is -0.970. The van der Waals surface area contributed by atoms with E-state index in [1.54, 1.807) is 6.07 Å². The van der Waals surface area contributed by atoms with Crippen molar-refractivity contribution in [3.8, 4) is 0 Å². The molecule has 0 radical (unpaired) electrons. The van der Waals surface area contributed by atoms with Crippen LogP contribution in [0, 0.1) is 5.82 Å². The number of rotatable bonds is 10. The Balaban J connectivity index is 2.15. The van der Waals surface area contributed by atoms with Crippen LogP contribution in [0.5, 0.6) is 0 Å². The topological polar surface area (TPSA) is 30.5 Å². The van der Waals surface area contributed by atoms with Gasteiger partial charge in [0.2, 0.25) is 0 Å². The zero-order valence-corrected chi connectivity index (χ0v) is 11.8. The molecule has 0 amide bonds. The summed E-state index contributed by atoms with van der Waals surface area (Å²) in [6.07, 6.45) is 1.36. The minimum Gasteiger partial charge on any atom is -0.353 e. The summed E-state index contributed by atoms with van der Waals surface area (Å²) in [5, 5.41) is 3.28. The average molecular weight is 269 g/mol. The van der Waals surface area contributed by atoms with Crippen molar-refractivity contribution >= 4 is 0 Å². The van der Waals surface area contributed by atoms with E-state index in [2.05, 4.69) is 5.32 Å². The molecular formula is C15H24FNO2. The van der Waals surface area contributed by atoms with Crippen molar-refractivity contribution in [1.82, 2.24) is 5.32 Å². The maximum absolute atomic E-state index is 13.4. The van der Waals surface area contributed by atoms with E-state index in [0.717, 1.165) is 25.1 Å². The maximum atomic E-state index is 13.4. The molecule has 0 saturated heterocycles. The third kappa shape index (κ3) is 6.66. The van der Waals surface area contributed by atoms with E-state index >= 15 is 0 Å². The molecule has 108 valence electrons. The van der Waals surface area contributed by atoms with Crippen LogP contribution in [0.2, 0.25) is 0 Å². The average Bonchev–Trinajstić information content (AvgIpc) is 2.41. The van der Waals surface area contributed by atoms with Crippen molar-refractivity contribution in [2.45, 2.75) is 33.0 Å².